The van der Waals surface area contributed by atoms with Gasteiger partial charge in [-0.2, -0.15) is 0 Å². The number of fused-ring (bicyclic) bond motifs is 1. The van der Waals surface area contributed by atoms with Crippen molar-refractivity contribution in [2.24, 2.45) is 11.7 Å². The van der Waals surface area contributed by atoms with Gasteiger partial charge in [-0.1, -0.05) is 6.07 Å². The highest BCUT2D eigenvalue weighted by Crippen LogP contribution is 2.34. The highest BCUT2D eigenvalue weighted by Gasteiger charge is 2.29. The van der Waals surface area contributed by atoms with Gasteiger partial charge >= 0.3 is 5.97 Å². The van der Waals surface area contributed by atoms with Crippen molar-refractivity contribution < 1.29 is 14.3 Å². The minimum absolute atomic E-state index is 0. The predicted octanol–water partition coefficient (Wildman–Crippen LogP) is 2.48. The Bertz CT molecular complexity index is 593. The number of rotatable bonds is 8. The molecule has 1 saturated carbocycles. The van der Waals surface area contributed by atoms with Crippen molar-refractivity contribution in [1.29, 1.82) is 0 Å². The number of esters is 1. The fraction of sp³-hybridized carbons (Fsp3) is 0.684. The van der Waals surface area contributed by atoms with Gasteiger partial charge in [0, 0.05) is 18.8 Å². The molecule has 146 valence electrons. The van der Waals surface area contributed by atoms with E-state index in [0.717, 1.165) is 44.5 Å². The number of hydrogen-bond acceptors (Lipinski definition) is 6. The summed E-state index contributed by atoms with van der Waals surface area (Å²) in [4.78, 5) is 16.0. The van der Waals surface area contributed by atoms with Gasteiger partial charge in [0.25, 0.3) is 0 Å². The number of nitrogens with zero attached hydrogens (tertiary/aromatic N) is 1. The molecule has 0 unspecified atom stereocenters. The molecule has 1 fully saturated rings. The lowest BCUT2D eigenvalue weighted by Crippen LogP contribution is -2.36. The van der Waals surface area contributed by atoms with Gasteiger partial charge in [0.05, 0.1) is 13.2 Å². The van der Waals surface area contributed by atoms with Crippen LogP contribution >= 0.6 is 12.4 Å². The Morgan fingerprint density at radius 3 is 3.00 bits per heavy atom. The minimum atomic E-state index is -0.579. The largest absolute Gasteiger partial charge is 0.468 e. The van der Waals surface area contributed by atoms with Gasteiger partial charge in [-0.25, -0.2) is 4.98 Å². The van der Waals surface area contributed by atoms with Gasteiger partial charge in [0.2, 0.25) is 0 Å². The Morgan fingerprint density at radius 2 is 2.23 bits per heavy atom. The number of hydrogen-bond donors (Lipinski definition) is 2. The average Bonchev–Trinajstić information content (AvgIpc) is 2.61. The van der Waals surface area contributed by atoms with Crippen molar-refractivity contribution in [3.05, 3.63) is 23.4 Å². The van der Waals surface area contributed by atoms with Crippen LogP contribution in [0.15, 0.2) is 12.1 Å². The first-order valence-electron chi connectivity index (χ1n) is 9.33. The number of carbonyl (C=O) groups excluding carboxylic acids is 1. The fourth-order valence-corrected chi connectivity index (χ4v) is 3.54. The highest BCUT2D eigenvalue weighted by atomic mass is 35.5. The van der Waals surface area contributed by atoms with Crippen LogP contribution in [0.25, 0.3) is 0 Å². The second-order valence-corrected chi connectivity index (χ2v) is 7.13. The van der Waals surface area contributed by atoms with Crippen molar-refractivity contribution in [2.45, 2.75) is 57.1 Å². The SMILES string of the molecule is COC(=O)[C@@H](N)CCOC1CC(CCc2ccc3c(n2)NCCC3)C1.Cl. The summed E-state index contributed by atoms with van der Waals surface area (Å²) in [7, 11) is 1.35. The van der Waals surface area contributed by atoms with Crippen LogP contribution in [-0.4, -0.2) is 43.4 Å². The third-order valence-corrected chi connectivity index (χ3v) is 5.24. The topological polar surface area (TPSA) is 86.5 Å². The monoisotopic (exact) mass is 383 g/mol. The molecule has 2 aliphatic rings. The van der Waals surface area contributed by atoms with E-state index in [2.05, 4.69) is 22.2 Å². The maximum absolute atomic E-state index is 11.2. The summed E-state index contributed by atoms with van der Waals surface area (Å²) in [5.74, 6) is 1.42. The first kappa shape index (κ1) is 20.9. The lowest BCUT2D eigenvalue weighted by atomic mass is 9.79. The van der Waals surface area contributed by atoms with E-state index in [1.807, 2.05) is 0 Å². The fourth-order valence-electron chi connectivity index (χ4n) is 3.54. The van der Waals surface area contributed by atoms with Gasteiger partial charge in [0.15, 0.2) is 0 Å². The number of aryl methyl sites for hydroxylation is 2. The second kappa shape index (κ2) is 10.1. The quantitative estimate of drug-likeness (QED) is 0.670. The summed E-state index contributed by atoms with van der Waals surface area (Å²) in [6.45, 7) is 1.55. The average molecular weight is 384 g/mol. The molecule has 1 aliphatic heterocycles. The van der Waals surface area contributed by atoms with E-state index in [1.54, 1.807) is 0 Å². The van der Waals surface area contributed by atoms with Crippen molar-refractivity contribution in [3.63, 3.8) is 0 Å². The maximum atomic E-state index is 11.2. The van der Waals surface area contributed by atoms with E-state index in [9.17, 15) is 4.79 Å². The molecule has 6 nitrogen and oxygen atoms in total. The smallest absolute Gasteiger partial charge is 0.322 e. The molecule has 0 spiro atoms. The summed E-state index contributed by atoms with van der Waals surface area (Å²) in [5.41, 5.74) is 8.22. The van der Waals surface area contributed by atoms with E-state index in [4.69, 9.17) is 15.5 Å². The molecule has 2 heterocycles. The van der Waals surface area contributed by atoms with Crippen molar-refractivity contribution in [2.75, 3.05) is 25.6 Å². The number of aromatic nitrogens is 1. The molecular weight excluding hydrogens is 354 g/mol. The summed E-state index contributed by atoms with van der Waals surface area (Å²) < 4.78 is 10.4. The zero-order valence-corrected chi connectivity index (χ0v) is 16.2. The lowest BCUT2D eigenvalue weighted by molar-refractivity contribution is -0.143. The zero-order valence-electron chi connectivity index (χ0n) is 15.4. The maximum Gasteiger partial charge on any atom is 0.322 e. The van der Waals surface area contributed by atoms with Crippen LogP contribution in [0.2, 0.25) is 0 Å². The number of methoxy groups -OCH3 is 1. The number of nitrogens with two attached hydrogens (primary N) is 1. The molecule has 0 aromatic carbocycles. The van der Waals surface area contributed by atoms with Crippen LogP contribution in [0, 0.1) is 5.92 Å². The second-order valence-electron chi connectivity index (χ2n) is 7.13. The Hall–Kier alpha value is -1.37. The molecule has 0 amide bonds. The molecule has 26 heavy (non-hydrogen) atoms. The summed E-state index contributed by atoms with van der Waals surface area (Å²) in [5, 5.41) is 3.40. The van der Waals surface area contributed by atoms with Crippen molar-refractivity contribution >= 4 is 24.2 Å². The summed E-state index contributed by atoms with van der Waals surface area (Å²) >= 11 is 0. The van der Waals surface area contributed by atoms with Crippen LogP contribution in [0.5, 0.6) is 0 Å². The van der Waals surface area contributed by atoms with E-state index >= 15 is 0 Å². The van der Waals surface area contributed by atoms with E-state index in [1.165, 1.54) is 24.8 Å². The number of halogens is 1. The van der Waals surface area contributed by atoms with Gasteiger partial charge in [0.1, 0.15) is 11.9 Å². The van der Waals surface area contributed by atoms with Crippen LogP contribution in [0.3, 0.4) is 0 Å². The molecule has 1 aromatic rings. The molecule has 1 aliphatic carbocycles. The first-order valence-corrected chi connectivity index (χ1v) is 9.33. The number of pyridine rings is 1. The Morgan fingerprint density at radius 1 is 1.42 bits per heavy atom. The third-order valence-electron chi connectivity index (χ3n) is 5.24. The molecule has 0 saturated heterocycles. The highest BCUT2D eigenvalue weighted by molar-refractivity contribution is 5.85. The normalized spacial score (nSPS) is 22.2. The molecular formula is C19H30ClN3O3. The number of anilines is 1. The third kappa shape index (κ3) is 5.56. The number of carbonyl (C=O) groups is 1. The molecule has 0 bridgehead atoms. The molecule has 3 N–H and O–H groups in total. The molecule has 0 radical (unpaired) electrons. The van der Waals surface area contributed by atoms with Gasteiger partial charge in [-0.05, 0) is 62.5 Å². The van der Waals surface area contributed by atoms with Crippen molar-refractivity contribution in [1.82, 2.24) is 4.98 Å². The molecule has 1 aromatic heterocycles. The molecule has 7 heteroatoms. The summed E-state index contributed by atoms with van der Waals surface area (Å²) in [6.07, 6.45) is 7.53. The van der Waals surface area contributed by atoms with Crippen LogP contribution in [0.1, 0.15) is 43.4 Å². The van der Waals surface area contributed by atoms with Gasteiger partial charge in [-0.3, -0.25) is 4.79 Å². The zero-order chi connectivity index (χ0) is 17.6. The van der Waals surface area contributed by atoms with Gasteiger partial charge in [-0.15, -0.1) is 12.4 Å². The Balaban J connectivity index is 0.00000243. The first-order chi connectivity index (χ1) is 12.2. The molecule has 1 atom stereocenters. The van der Waals surface area contributed by atoms with Crippen LogP contribution < -0.4 is 11.1 Å². The van der Waals surface area contributed by atoms with E-state index < -0.39 is 6.04 Å². The number of nitrogens with one attached hydrogen (secondary N) is 1. The van der Waals surface area contributed by atoms with Crippen molar-refractivity contribution in [3.8, 4) is 0 Å². The molecule has 3 rings (SSSR count). The number of ether oxygens (including phenoxy) is 2. The lowest BCUT2D eigenvalue weighted by Gasteiger charge is -2.35. The Kier molecular flexibility index (Phi) is 8.13. The van der Waals surface area contributed by atoms with Crippen LogP contribution in [0.4, 0.5) is 5.82 Å². The van der Waals surface area contributed by atoms with Gasteiger partial charge < -0.3 is 20.5 Å². The predicted molar refractivity (Wildman–Crippen MR) is 104 cm³/mol. The van der Waals surface area contributed by atoms with Crippen LogP contribution in [-0.2, 0) is 27.1 Å². The van der Waals surface area contributed by atoms with E-state index in [0.29, 0.717) is 25.0 Å². The minimum Gasteiger partial charge on any atom is -0.468 e. The van der Waals surface area contributed by atoms with E-state index in [-0.39, 0.29) is 18.4 Å². The standard InChI is InChI=1S/C19H29N3O3.ClH/c1-24-19(23)17(20)8-10-25-16-11-13(12-16)4-6-15-7-5-14-3-2-9-21-18(14)22-15;/h5,7,13,16-17H,2-4,6,8-12,20H2,1H3,(H,21,22);1H/t13?,16?,17-;/m0./s1. The Labute approximate surface area is 161 Å². The summed E-state index contributed by atoms with van der Waals surface area (Å²) in [6, 6.07) is 3.82.